The molecule has 0 saturated carbocycles. The van der Waals surface area contributed by atoms with E-state index in [0.717, 1.165) is 16.9 Å². The molecule has 100 valence electrons. The van der Waals surface area contributed by atoms with Gasteiger partial charge < -0.3 is 14.8 Å². The number of carbonyl (C=O) groups is 1. The second-order valence-electron chi connectivity index (χ2n) is 4.21. The van der Waals surface area contributed by atoms with E-state index in [4.69, 9.17) is 9.47 Å². The van der Waals surface area contributed by atoms with Gasteiger partial charge in [-0.05, 0) is 37.6 Å². The molecule has 0 aromatic heterocycles. The molecule has 4 nitrogen and oxygen atoms in total. The molecular formula is C14H21NO3. The summed E-state index contributed by atoms with van der Waals surface area (Å²) in [6, 6.07) is 5.57. The molecule has 4 heteroatoms. The van der Waals surface area contributed by atoms with E-state index in [0.29, 0.717) is 6.54 Å². The number of aryl methyl sites for hydroxylation is 2. The van der Waals surface area contributed by atoms with Crippen LogP contribution in [0.15, 0.2) is 18.2 Å². The Morgan fingerprint density at radius 3 is 2.72 bits per heavy atom. The topological polar surface area (TPSA) is 47.6 Å². The van der Waals surface area contributed by atoms with Gasteiger partial charge in [-0.3, -0.25) is 4.79 Å². The third-order valence-electron chi connectivity index (χ3n) is 2.69. The average molecular weight is 251 g/mol. The third-order valence-corrected chi connectivity index (χ3v) is 2.69. The highest BCUT2D eigenvalue weighted by atomic mass is 16.5. The number of ether oxygens (including phenoxy) is 2. The van der Waals surface area contributed by atoms with Crippen molar-refractivity contribution in [3.8, 4) is 5.75 Å². The Kier molecular flexibility index (Phi) is 5.65. The standard InChI is InChI=1S/C14H21NO3/c1-5-15-12(14(16)17-4)9-18-13-8-10(2)6-7-11(13)3/h6-8,12,15H,5,9H2,1-4H3. The van der Waals surface area contributed by atoms with Crippen molar-refractivity contribution in [2.45, 2.75) is 26.8 Å². The fraction of sp³-hybridized carbons (Fsp3) is 0.500. The summed E-state index contributed by atoms with van der Waals surface area (Å²) in [5.74, 6) is 0.504. The van der Waals surface area contributed by atoms with Crippen molar-refractivity contribution in [1.29, 1.82) is 0 Å². The molecule has 0 amide bonds. The Morgan fingerprint density at radius 1 is 1.39 bits per heavy atom. The normalized spacial score (nSPS) is 12.0. The van der Waals surface area contributed by atoms with Gasteiger partial charge in [0.05, 0.1) is 7.11 Å². The Morgan fingerprint density at radius 2 is 2.11 bits per heavy atom. The molecule has 0 fully saturated rings. The Balaban J connectivity index is 2.66. The molecule has 0 radical (unpaired) electrons. The minimum absolute atomic E-state index is 0.269. The molecule has 1 unspecified atom stereocenters. The Bertz CT molecular complexity index is 404. The number of likely N-dealkylation sites (N-methyl/N-ethyl adjacent to an activating group) is 1. The van der Waals surface area contributed by atoms with E-state index < -0.39 is 6.04 Å². The van der Waals surface area contributed by atoms with E-state index in [1.165, 1.54) is 7.11 Å². The van der Waals surface area contributed by atoms with Gasteiger partial charge in [-0.1, -0.05) is 19.1 Å². The molecule has 0 bridgehead atoms. The summed E-state index contributed by atoms with van der Waals surface area (Å²) in [4.78, 5) is 11.5. The van der Waals surface area contributed by atoms with Crippen molar-refractivity contribution in [1.82, 2.24) is 5.32 Å². The monoisotopic (exact) mass is 251 g/mol. The maximum absolute atomic E-state index is 11.5. The van der Waals surface area contributed by atoms with Gasteiger partial charge in [-0.2, -0.15) is 0 Å². The van der Waals surface area contributed by atoms with Gasteiger partial charge in [-0.25, -0.2) is 0 Å². The van der Waals surface area contributed by atoms with Crippen molar-refractivity contribution in [2.24, 2.45) is 0 Å². The van der Waals surface area contributed by atoms with Crippen LogP contribution in [0.2, 0.25) is 0 Å². The molecule has 0 aliphatic heterocycles. The number of hydrogen-bond donors (Lipinski definition) is 1. The number of rotatable bonds is 6. The van der Waals surface area contributed by atoms with Gasteiger partial charge in [0, 0.05) is 0 Å². The van der Waals surface area contributed by atoms with Gasteiger partial charge >= 0.3 is 5.97 Å². The lowest BCUT2D eigenvalue weighted by Gasteiger charge is -2.17. The summed E-state index contributed by atoms with van der Waals surface area (Å²) < 4.78 is 10.4. The van der Waals surface area contributed by atoms with Crippen molar-refractivity contribution in [3.05, 3.63) is 29.3 Å². The predicted octanol–water partition coefficient (Wildman–Crippen LogP) is 1.83. The van der Waals surface area contributed by atoms with E-state index in [1.807, 2.05) is 39.0 Å². The number of nitrogens with one attached hydrogen (secondary N) is 1. The first-order valence-corrected chi connectivity index (χ1v) is 6.09. The first-order chi connectivity index (χ1) is 8.58. The van der Waals surface area contributed by atoms with Crippen molar-refractivity contribution in [3.63, 3.8) is 0 Å². The molecule has 1 atom stereocenters. The SMILES string of the molecule is CCNC(COc1cc(C)ccc1C)C(=O)OC. The van der Waals surface area contributed by atoms with Crippen LogP contribution in [0.3, 0.4) is 0 Å². The van der Waals surface area contributed by atoms with Gasteiger partial charge in [0.1, 0.15) is 18.4 Å². The summed E-state index contributed by atoms with van der Waals surface area (Å²) in [5, 5.41) is 3.04. The van der Waals surface area contributed by atoms with Crippen LogP contribution in [0.4, 0.5) is 0 Å². The molecule has 18 heavy (non-hydrogen) atoms. The largest absolute Gasteiger partial charge is 0.491 e. The molecule has 0 spiro atoms. The maximum Gasteiger partial charge on any atom is 0.326 e. The number of benzene rings is 1. The zero-order chi connectivity index (χ0) is 13.5. The van der Waals surface area contributed by atoms with Crippen molar-refractivity contribution < 1.29 is 14.3 Å². The summed E-state index contributed by atoms with van der Waals surface area (Å²) in [7, 11) is 1.38. The maximum atomic E-state index is 11.5. The minimum atomic E-state index is -0.431. The molecular weight excluding hydrogens is 230 g/mol. The minimum Gasteiger partial charge on any atom is -0.491 e. The van der Waals surface area contributed by atoms with E-state index in [2.05, 4.69) is 5.32 Å². The molecule has 1 rings (SSSR count). The van der Waals surface area contributed by atoms with E-state index >= 15 is 0 Å². The first-order valence-electron chi connectivity index (χ1n) is 6.09. The first kappa shape index (κ1) is 14.5. The molecule has 0 aliphatic rings. The van der Waals surface area contributed by atoms with Gasteiger partial charge in [-0.15, -0.1) is 0 Å². The number of carbonyl (C=O) groups excluding carboxylic acids is 1. The van der Waals surface area contributed by atoms with E-state index in [1.54, 1.807) is 0 Å². The van der Waals surface area contributed by atoms with Crippen LogP contribution in [0.1, 0.15) is 18.1 Å². The highest BCUT2D eigenvalue weighted by Crippen LogP contribution is 2.19. The fourth-order valence-electron chi connectivity index (χ4n) is 1.63. The van der Waals surface area contributed by atoms with Gasteiger partial charge in [0.25, 0.3) is 0 Å². The van der Waals surface area contributed by atoms with Crippen LogP contribution in [-0.4, -0.2) is 32.3 Å². The second kappa shape index (κ2) is 7.01. The predicted molar refractivity (Wildman–Crippen MR) is 70.9 cm³/mol. The molecule has 0 heterocycles. The average Bonchev–Trinajstić information content (AvgIpc) is 2.37. The molecule has 0 aliphatic carbocycles. The van der Waals surface area contributed by atoms with Crippen LogP contribution in [0, 0.1) is 13.8 Å². The van der Waals surface area contributed by atoms with Crippen molar-refractivity contribution >= 4 is 5.97 Å². The van der Waals surface area contributed by atoms with Crippen LogP contribution in [-0.2, 0) is 9.53 Å². The lowest BCUT2D eigenvalue weighted by atomic mass is 10.1. The number of hydrogen-bond acceptors (Lipinski definition) is 4. The highest BCUT2D eigenvalue weighted by Gasteiger charge is 2.18. The summed E-state index contributed by atoms with van der Waals surface area (Å²) in [5.41, 5.74) is 2.19. The Hall–Kier alpha value is -1.55. The smallest absolute Gasteiger partial charge is 0.326 e. The summed E-state index contributed by atoms with van der Waals surface area (Å²) in [6.07, 6.45) is 0. The highest BCUT2D eigenvalue weighted by molar-refractivity contribution is 5.75. The molecule has 1 aromatic carbocycles. The van der Waals surface area contributed by atoms with Gasteiger partial charge in [0.2, 0.25) is 0 Å². The summed E-state index contributed by atoms with van der Waals surface area (Å²) in [6.45, 7) is 6.89. The number of methoxy groups -OCH3 is 1. The lowest BCUT2D eigenvalue weighted by Crippen LogP contribution is -2.42. The zero-order valence-electron chi connectivity index (χ0n) is 11.4. The van der Waals surface area contributed by atoms with Crippen LogP contribution in [0.5, 0.6) is 5.75 Å². The second-order valence-corrected chi connectivity index (χ2v) is 4.21. The molecule has 1 aromatic rings. The van der Waals surface area contributed by atoms with Crippen LogP contribution >= 0.6 is 0 Å². The molecule has 1 N–H and O–H groups in total. The quantitative estimate of drug-likeness (QED) is 0.784. The van der Waals surface area contributed by atoms with Gasteiger partial charge in [0.15, 0.2) is 0 Å². The van der Waals surface area contributed by atoms with Crippen LogP contribution < -0.4 is 10.1 Å². The summed E-state index contributed by atoms with van der Waals surface area (Å²) >= 11 is 0. The zero-order valence-corrected chi connectivity index (χ0v) is 11.4. The Labute approximate surface area is 108 Å². The fourth-order valence-corrected chi connectivity index (χ4v) is 1.63. The lowest BCUT2D eigenvalue weighted by molar-refractivity contribution is -0.143. The van der Waals surface area contributed by atoms with E-state index in [9.17, 15) is 4.79 Å². The number of esters is 1. The van der Waals surface area contributed by atoms with E-state index in [-0.39, 0.29) is 12.6 Å². The van der Waals surface area contributed by atoms with Crippen molar-refractivity contribution in [2.75, 3.05) is 20.3 Å². The third kappa shape index (κ3) is 4.04. The van der Waals surface area contributed by atoms with Crippen LogP contribution in [0.25, 0.3) is 0 Å². The molecule has 0 saturated heterocycles.